The number of para-hydroxylation sites is 1. The molecule has 0 saturated carbocycles. The van der Waals surface area contributed by atoms with Gasteiger partial charge in [0.15, 0.2) is 0 Å². The maximum atomic E-state index is 12.6. The predicted molar refractivity (Wildman–Crippen MR) is 111 cm³/mol. The predicted octanol–water partition coefficient (Wildman–Crippen LogP) is 3.09. The number of benzene rings is 1. The lowest BCUT2D eigenvalue weighted by atomic mass is 9.96. The van der Waals surface area contributed by atoms with E-state index in [0.717, 1.165) is 31.6 Å². The van der Waals surface area contributed by atoms with Gasteiger partial charge in [-0.05, 0) is 55.8 Å². The van der Waals surface area contributed by atoms with Gasteiger partial charge in [-0.15, -0.1) is 12.4 Å². The highest BCUT2D eigenvalue weighted by Gasteiger charge is 2.36. The number of anilines is 1. The third-order valence-corrected chi connectivity index (χ3v) is 5.88. The first-order chi connectivity index (χ1) is 12.6. The van der Waals surface area contributed by atoms with E-state index in [9.17, 15) is 9.59 Å². The molecule has 2 aliphatic heterocycles. The minimum absolute atomic E-state index is 0. The summed E-state index contributed by atoms with van der Waals surface area (Å²) in [4.78, 5) is 26.9. The number of hydrogen-bond acceptors (Lipinski definition) is 3. The van der Waals surface area contributed by atoms with Gasteiger partial charge in [0.1, 0.15) is 0 Å². The number of amides is 2. The molecule has 2 fully saturated rings. The van der Waals surface area contributed by atoms with E-state index in [1.165, 1.54) is 12.0 Å². The van der Waals surface area contributed by atoms with Gasteiger partial charge in [-0.1, -0.05) is 32.0 Å². The Bertz CT molecular complexity index is 646. The molecule has 2 heterocycles. The summed E-state index contributed by atoms with van der Waals surface area (Å²) in [5.74, 6) is 0.897. The van der Waals surface area contributed by atoms with Crippen molar-refractivity contribution in [1.82, 2.24) is 10.6 Å². The van der Waals surface area contributed by atoms with Crippen molar-refractivity contribution < 1.29 is 9.59 Å². The summed E-state index contributed by atoms with van der Waals surface area (Å²) < 4.78 is 0. The Morgan fingerprint density at radius 3 is 2.85 bits per heavy atom. The molecule has 2 N–H and O–H groups in total. The second kappa shape index (κ2) is 10.1. The number of rotatable bonds is 7. The summed E-state index contributed by atoms with van der Waals surface area (Å²) in [6.07, 6.45) is 3.54. The second-order valence-electron chi connectivity index (χ2n) is 7.71. The summed E-state index contributed by atoms with van der Waals surface area (Å²) in [5.41, 5.74) is 2.16. The van der Waals surface area contributed by atoms with E-state index in [2.05, 4.69) is 30.5 Å². The SMILES string of the molecule is CCC(C)c1ccccc1N1CC(C(=O)NCCC2CCNC2)CC1=O.Cl. The van der Waals surface area contributed by atoms with E-state index in [0.29, 0.717) is 31.3 Å². The molecule has 5 nitrogen and oxygen atoms in total. The Morgan fingerprint density at radius 1 is 1.37 bits per heavy atom. The summed E-state index contributed by atoms with van der Waals surface area (Å²) >= 11 is 0. The maximum Gasteiger partial charge on any atom is 0.227 e. The van der Waals surface area contributed by atoms with Crippen LogP contribution in [0.15, 0.2) is 24.3 Å². The van der Waals surface area contributed by atoms with E-state index in [4.69, 9.17) is 0 Å². The zero-order valence-corrected chi connectivity index (χ0v) is 17.2. The van der Waals surface area contributed by atoms with Crippen LogP contribution in [0, 0.1) is 11.8 Å². The Morgan fingerprint density at radius 2 is 2.15 bits per heavy atom. The monoisotopic (exact) mass is 393 g/mol. The molecular formula is C21H32ClN3O2. The van der Waals surface area contributed by atoms with Gasteiger partial charge < -0.3 is 15.5 Å². The van der Waals surface area contributed by atoms with Gasteiger partial charge in [0.2, 0.25) is 11.8 Å². The largest absolute Gasteiger partial charge is 0.356 e. The number of carbonyl (C=O) groups excluding carboxylic acids is 2. The van der Waals surface area contributed by atoms with Crippen LogP contribution in [0.25, 0.3) is 0 Å². The molecule has 0 aromatic heterocycles. The number of nitrogens with one attached hydrogen (secondary N) is 2. The Labute approximate surface area is 168 Å². The van der Waals surface area contributed by atoms with Crippen LogP contribution < -0.4 is 15.5 Å². The molecular weight excluding hydrogens is 362 g/mol. The van der Waals surface area contributed by atoms with E-state index in [1.54, 1.807) is 0 Å². The van der Waals surface area contributed by atoms with Crippen LogP contribution in [-0.2, 0) is 9.59 Å². The zero-order chi connectivity index (χ0) is 18.5. The minimum atomic E-state index is -0.241. The van der Waals surface area contributed by atoms with Crippen molar-refractivity contribution in [2.45, 2.75) is 45.4 Å². The molecule has 0 spiro atoms. The fourth-order valence-electron chi connectivity index (χ4n) is 3.99. The van der Waals surface area contributed by atoms with Gasteiger partial charge in [-0.2, -0.15) is 0 Å². The Balaban J connectivity index is 0.00000261. The average molecular weight is 394 g/mol. The molecule has 6 heteroatoms. The molecule has 0 radical (unpaired) electrons. The van der Waals surface area contributed by atoms with E-state index < -0.39 is 0 Å². The lowest BCUT2D eigenvalue weighted by molar-refractivity contribution is -0.126. The van der Waals surface area contributed by atoms with Crippen molar-refractivity contribution in [1.29, 1.82) is 0 Å². The fourth-order valence-corrected chi connectivity index (χ4v) is 3.99. The van der Waals surface area contributed by atoms with Crippen LogP contribution in [0.2, 0.25) is 0 Å². The van der Waals surface area contributed by atoms with Crippen LogP contribution in [-0.4, -0.2) is 38.0 Å². The summed E-state index contributed by atoms with van der Waals surface area (Å²) in [7, 11) is 0. The maximum absolute atomic E-state index is 12.6. The third kappa shape index (κ3) is 5.23. The highest BCUT2D eigenvalue weighted by Crippen LogP contribution is 2.33. The number of nitrogens with zero attached hydrogens (tertiary/aromatic N) is 1. The van der Waals surface area contributed by atoms with Crippen molar-refractivity contribution in [2.24, 2.45) is 11.8 Å². The molecule has 3 unspecified atom stereocenters. The molecule has 1 aromatic carbocycles. The van der Waals surface area contributed by atoms with Gasteiger partial charge in [0.05, 0.1) is 5.92 Å². The highest BCUT2D eigenvalue weighted by atomic mass is 35.5. The molecule has 2 aliphatic rings. The minimum Gasteiger partial charge on any atom is -0.356 e. The lowest BCUT2D eigenvalue weighted by Crippen LogP contribution is -2.34. The second-order valence-corrected chi connectivity index (χ2v) is 7.71. The number of carbonyl (C=O) groups is 2. The standard InChI is InChI=1S/C21H31N3O2.ClH/c1-3-15(2)18-6-4-5-7-19(18)24-14-17(12-20(24)25)21(26)23-11-9-16-8-10-22-13-16;/h4-7,15-17,22H,3,8-14H2,1-2H3,(H,23,26);1H. The molecule has 1 aromatic rings. The summed E-state index contributed by atoms with van der Waals surface area (Å²) in [6.45, 7) is 7.67. The molecule has 3 rings (SSSR count). The molecule has 2 saturated heterocycles. The van der Waals surface area contributed by atoms with E-state index in [-0.39, 0.29) is 30.1 Å². The third-order valence-electron chi connectivity index (χ3n) is 5.88. The molecule has 27 heavy (non-hydrogen) atoms. The summed E-state index contributed by atoms with van der Waals surface area (Å²) in [6, 6.07) is 8.09. The van der Waals surface area contributed by atoms with Crippen LogP contribution in [0.4, 0.5) is 5.69 Å². The smallest absolute Gasteiger partial charge is 0.227 e. The first-order valence-electron chi connectivity index (χ1n) is 9.97. The Kier molecular flexibility index (Phi) is 8.11. The van der Waals surface area contributed by atoms with Crippen LogP contribution in [0.1, 0.15) is 51.0 Å². The Hall–Kier alpha value is -1.59. The molecule has 0 aliphatic carbocycles. The molecule has 3 atom stereocenters. The van der Waals surface area contributed by atoms with Gasteiger partial charge >= 0.3 is 0 Å². The van der Waals surface area contributed by atoms with Crippen molar-refractivity contribution in [3.8, 4) is 0 Å². The van der Waals surface area contributed by atoms with Gasteiger partial charge in [-0.25, -0.2) is 0 Å². The van der Waals surface area contributed by atoms with Crippen molar-refractivity contribution in [2.75, 3.05) is 31.1 Å². The van der Waals surface area contributed by atoms with Gasteiger partial charge in [-0.3, -0.25) is 9.59 Å². The first-order valence-corrected chi connectivity index (χ1v) is 9.97. The molecule has 150 valence electrons. The zero-order valence-electron chi connectivity index (χ0n) is 16.4. The quantitative estimate of drug-likeness (QED) is 0.748. The van der Waals surface area contributed by atoms with Gasteiger partial charge in [0, 0.05) is 25.2 Å². The molecule has 0 bridgehead atoms. The van der Waals surface area contributed by atoms with Crippen LogP contribution in [0.3, 0.4) is 0 Å². The van der Waals surface area contributed by atoms with Gasteiger partial charge in [0.25, 0.3) is 0 Å². The highest BCUT2D eigenvalue weighted by molar-refractivity contribution is 6.00. The topological polar surface area (TPSA) is 61.4 Å². The van der Waals surface area contributed by atoms with Crippen molar-refractivity contribution in [3.63, 3.8) is 0 Å². The van der Waals surface area contributed by atoms with Crippen molar-refractivity contribution in [3.05, 3.63) is 29.8 Å². The number of hydrogen-bond donors (Lipinski definition) is 2. The number of halogens is 1. The lowest BCUT2D eigenvalue weighted by Gasteiger charge is -2.23. The average Bonchev–Trinajstić information content (AvgIpc) is 3.30. The van der Waals surface area contributed by atoms with Crippen LogP contribution in [0.5, 0.6) is 0 Å². The normalized spacial score (nSPS) is 23.2. The van der Waals surface area contributed by atoms with Crippen LogP contribution >= 0.6 is 12.4 Å². The van der Waals surface area contributed by atoms with E-state index >= 15 is 0 Å². The van der Waals surface area contributed by atoms with E-state index in [1.807, 2.05) is 23.1 Å². The first kappa shape index (κ1) is 21.7. The fraction of sp³-hybridized carbons (Fsp3) is 0.619. The molecule has 2 amide bonds. The van der Waals surface area contributed by atoms with Crippen molar-refractivity contribution >= 4 is 29.9 Å². The summed E-state index contributed by atoms with van der Waals surface area (Å²) in [5, 5.41) is 6.40.